The summed E-state index contributed by atoms with van der Waals surface area (Å²) in [4.78, 5) is 27.9. The van der Waals surface area contributed by atoms with Crippen LogP contribution in [-0.4, -0.2) is 77.8 Å². The van der Waals surface area contributed by atoms with Crippen LogP contribution in [0.25, 0.3) is 22.2 Å². The van der Waals surface area contributed by atoms with E-state index in [1.807, 2.05) is 0 Å². The van der Waals surface area contributed by atoms with Crippen molar-refractivity contribution in [3.05, 3.63) is 63.7 Å². The molecular weight excluding hydrogens is 551 g/mol. The zero-order chi connectivity index (χ0) is 29.0. The maximum atomic E-state index is 14.2. The van der Waals surface area contributed by atoms with Gasteiger partial charge in [0.1, 0.15) is 17.1 Å². The molecule has 0 spiro atoms. The second-order valence-electron chi connectivity index (χ2n) is 9.56. The Bertz CT molecular complexity index is 1440. The average Bonchev–Trinajstić information content (AvgIpc) is 2.98. The third-order valence-corrected chi connectivity index (χ3v) is 8.28. The van der Waals surface area contributed by atoms with Crippen LogP contribution in [0.15, 0.2) is 48.1 Å². The van der Waals surface area contributed by atoms with Gasteiger partial charge >= 0.3 is 0 Å². The van der Waals surface area contributed by atoms with Crippen molar-refractivity contribution in [1.29, 1.82) is 0 Å². The standard InChI is InChI=1S/C29H36Cl2N6O3/c1-7-18(3)36-11-9-20(10-12-36)35(8-2)13-14-37-27-19(17-33-29(32-4)34-27)15-21(28(37)38)24-25(30)22(39-5)16-23(40-6)26(24)31/h7,15-17,20H,1,3,8-14H2,2,4-6H3,(H,32,33,34). The molecule has 0 saturated carbocycles. The molecule has 1 aromatic carbocycles. The summed E-state index contributed by atoms with van der Waals surface area (Å²) < 4.78 is 12.6. The van der Waals surface area contributed by atoms with Crippen molar-refractivity contribution in [1.82, 2.24) is 24.3 Å². The number of hydrogen-bond donors (Lipinski definition) is 1. The van der Waals surface area contributed by atoms with E-state index in [9.17, 15) is 4.79 Å². The second-order valence-corrected chi connectivity index (χ2v) is 10.3. The van der Waals surface area contributed by atoms with E-state index in [-0.39, 0.29) is 15.6 Å². The fourth-order valence-corrected chi connectivity index (χ4v) is 5.97. The first-order valence-electron chi connectivity index (χ1n) is 13.3. The number of rotatable bonds is 11. The van der Waals surface area contributed by atoms with Crippen LogP contribution < -0.4 is 20.3 Å². The van der Waals surface area contributed by atoms with Crippen molar-refractivity contribution in [2.24, 2.45) is 0 Å². The molecule has 0 unspecified atom stereocenters. The normalized spacial score (nSPS) is 14.0. The smallest absolute Gasteiger partial charge is 0.260 e. The predicted molar refractivity (Wildman–Crippen MR) is 163 cm³/mol. The Kier molecular flexibility index (Phi) is 9.60. The van der Waals surface area contributed by atoms with Crippen LogP contribution in [0.2, 0.25) is 10.0 Å². The van der Waals surface area contributed by atoms with Crippen molar-refractivity contribution in [2.45, 2.75) is 32.4 Å². The van der Waals surface area contributed by atoms with Crippen LogP contribution in [0.5, 0.6) is 11.5 Å². The van der Waals surface area contributed by atoms with Crippen molar-refractivity contribution in [3.8, 4) is 22.6 Å². The van der Waals surface area contributed by atoms with Gasteiger partial charge in [-0.05, 0) is 31.5 Å². The number of nitrogens with zero attached hydrogens (tertiary/aromatic N) is 5. The lowest BCUT2D eigenvalue weighted by Gasteiger charge is -2.39. The Morgan fingerprint density at radius 1 is 1.20 bits per heavy atom. The number of halogens is 2. The molecule has 0 radical (unpaired) electrons. The first kappa shape index (κ1) is 29.7. The lowest BCUT2D eigenvalue weighted by atomic mass is 10.0. The van der Waals surface area contributed by atoms with Gasteiger partial charge in [-0.15, -0.1) is 0 Å². The number of aromatic nitrogens is 3. The molecule has 1 aliphatic rings. The Morgan fingerprint density at radius 2 is 1.85 bits per heavy atom. The van der Waals surface area contributed by atoms with Crippen molar-refractivity contribution >= 4 is 40.2 Å². The highest BCUT2D eigenvalue weighted by Gasteiger charge is 2.26. The topological polar surface area (TPSA) is 84.8 Å². The summed E-state index contributed by atoms with van der Waals surface area (Å²) in [6.07, 6.45) is 5.52. The summed E-state index contributed by atoms with van der Waals surface area (Å²) >= 11 is 13.4. The molecule has 2 aromatic heterocycles. The molecule has 0 amide bonds. The summed E-state index contributed by atoms with van der Waals surface area (Å²) in [5.41, 5.74) is 1.89. The lowest BCUT2D eigenvalue weighted by molar-refractivity contribution is 0.127. The number of hydrogen-bond acceptors (Lipinski definition) is 8. The number of piperidine rings is 1. The van der Waals surface area contributed by atoms with E-state index in [1.165, 1.54) is 14.2 Å². The summed E-state index contributed by atoms with van der Waals surface area (Å²) in [5.74, 6) is 1.14. The van der Waals surface area contributed by atoms with E-state index in [0.717, 1.165) is 38.2 Å². The minimum atomic E-state index is -0.263. The Balaban J connectivity index is 1.76. The van der Waals surface area contributed by atoms with Gasteiger partial charge in [0, 0.05) is 68.2 Å². The van der Waals surface area contributed by atoms with E-state index in [0.29, 0.717) is 58.7 Å². The molecule has 1 N–H and O–H groups in total. The first-order valence-corrected chi connectivity index (χ1v) is 14.0. The molecule has 11 heteroatoms. The molecule has 9 nitrogen and oxygen atoms in total. The van der Waals surface area contributed by atoms with Crippen molar-refractivity contribution < 1.29 is 9.47 Å². The number of nitrogens with one attached hydrogen (secondary N) is 1. The van der Waals surface area contributed by atoms with Gasteiger partial charge in [0.25, 0.3) is 5.56 Å². The highest BCUT2D eigenvalue weighted by atomic mass is 35.5. The molecule has 0 atom stereocenters. The van der Waals surface area contributed by atoms with E-state index in [4.69, 9.17) is 32.7 Å². The predicted octanol–water partition coefficient (Wildman–Crippen LogP) is 5.31. The van der Waals surface area contributed by atoms with E-state index < -0.39 is 0 Å². The van der Waals surface area contributed by atoms with E-state index in [2.05, 4.69) is 45.2 Å². The van der Waals surface area contributed by atoms with E-state index in [1.54, 1.807) is 36.0 Å². The number of likely N-dealkylation sites (N-methyl/N-ethyl adjacent to an activating group) is 1. The maximum Gasteiger partial charge on any atom is 0.260 e. The van der Waals surface area contributed by atoms with Gasteiger partial charge in [-0.25, -0.2) is 4.98 Å². The van der Waals surface area contributed by atoms with Gasteiger partial charge in [-0.2, -0.15) is 4.98 Å². The number of methoxy groups -OCH3 is 2. The van der Waals surface area contributed by atoms with Gasteiger partial charge < -0.3 is 19.7 Å². The lowest BCUT2D eigenvalue weighted by Crippen LogP contribution is -2.45. The molecule has 1 aliphatic heterocycles. The fraction of sp³-hybridized carbons (Fsp3) is 0.414. The third kappa shape index (κ3) is 5.77. The third-order valence-electron chi connectivity index (χ3n) is 7.53. The van der Waals surface area contributed by atoms with Crippen LogP contribution in [-0.2, 0) is 6.54 Å². The molecule has 4 rings (SSSR count). The number of ether oxygens (including phenoxy) is 2. The minimum Gasteiger partial charge on any atom is -0.495 e. The summed E-state index contributed by atoms with van der Waals surface area (Å²) in [6, 6.07) is 3.72. The van der Waals surface area contributed by atoms with Gasteiger partial charge in [0.05, 0.1) is 29.8 Å². The molecule has 3 heterocycles. The molecule has 0 aliphatic carbocycles. The summed E-state index contributed by atoms with van der Waals surface area (Å²) in [7, 11) is 4.74. The molecule has 3 aromatic rings. The largest absolute Gasteiger partial charge is 0.495 e. The zero-order valence-electron chi connectivity index (χ0n) is 23.5. The van der Waals surface area contributed by atoms with Crippen LogP contribution in [0, 0.1) is 0 Å². The number of likely N-dealkylation sites (tertiary alicyclic amines) is 1. The molecule has 0 bridgehead atoms. The van der Waals surface area contributed by atoms with Crippen LogP contribution in [0.3, 0.4) is 0 Å². The highest BCUT2D eigenvalue weighted by molar-refractivity contribution is 6.41. The Labute approximate surface area is 245 Å². The van der Waals surface area contributed by atoms with Gasteiger partial charge in [0.15, 0.2) is 0 Å². The summed E-state index contributed by atoms with van der Waals surface area (Å²) in [5, 5.41) is 4.10. The Hall–Kier alpha value is -3.27. The number of allylic oxidation sites excluding steroid dienone is 1. The van der Waals surface area contributed by atoms with Gasteiger partial charge in [-0.1, -0.05) is 43.3 Å². The average molecular weight is 588 g/mol. The maximum absolute atomic E-state index is 14.2. The number of fused-ring (bicyclic) bond motifs is 1. The monoisotopic (exact) mass is 586 g/mol. The van der Waals surface area contributed by atoms with Crippen molar-refractivity contribution in [3.63, 3.8) is 0 Å². The second kappa shape index (κ2) is 12.9. The van der Waals surface area contributed by atoms with Crippen LogP contribution >= 0.6 is 23.2 Å². The van der Waals surface area contributed by atoms with E-state index >= 15 is 0 Å². The number of pyridine rings is 1. The summed E-state index contributed by atoms with van der Waals surface area (Å²) in [6.45, 7) is 13.9. The molecule has 1 saturated heterocycles. The number of benzene rings is 1. The minimum absolute atomic E-state index is 0.229. The number of anilines is 1. The highest BCUT2D eigenvalue weighted by Crippen LogP contribution is 2.45. The SMILES string of the molecule is C=CC(=C)N1CCC(N(CC)CCn2c(=O)c(-c3c(Cl)c(OC)cc(OC)c3Cl)cc3cnc(NC)nc32)CC1. The Morgan fingerprint density at radius 3 is 2.40 bits per heavy atom. The molecule has 214 valence electrons. The van der Waals surface area contributed by atoms with Crippen LogP contribution in [0.4, 0.5) is 5.95 Å². The van der Waals surface area contributed by atoms with Gasteiger partial charge in [0.2, 0.25) is 5.95 Å². The molecular formula is C29H36Cl2N6O3. The van der Waals surface area contributed by atoms with Crippen LogP contribution in [0.1, 0.15) is 19.8 Å². The first-order chi connectivity index (χ1) is 19.3. The fourth-order valence-electron chi connectivity index (χ4n) is 5.26. The zero-order valence-corrected chi connectivity index (χ0v) is 25.0. The molecule has 40 heavy (non-hydrogen) atoms. The van der Waals surface area contributed by atoms with Crippen molar-refractivity contribution in [2.75, 3.05) is 52.8 Å². The molecule has 1 fully saturated rings. The quantitative estimate of drug-likeness (QED) is 0.302. The van der Waals surface area contributed by atoms with Gasteiger partial charge in [-0.3, -0.25) is 14.3 Å².